The predicted molar refractivity (Wildman–Crippen MR) is 79.0 cm³/mol. The number of anilines is 2. The van der Waals surface area contributed by atoms with Gasteiger partial charge in [0, 0.05) is 26.3 Å². The van der Waals surface area contributed by atoms with Gasteiger partial charge in [-0.1, -0.05) is 0 Å². The zero-order valence-electron chi connectivity index (χ0n) is 12.3. The van der Waals surface area contributed by atoms with E-state index in [1.54, 1.807) is 0 Å². The van der Waals surface area contributed by atoms with Gasteiger partial charge in [0.25, 0.3) is 0 Å². The summed E-state index contributed by atoms with van der Waals surface area (Å²) in [6, 6.07) is 2.09. The van der Waals surface area contributed by atoms with Crippen molar-refractivity contribution >= 4 is 11.6 Å². The van der Waals surface area contributed by atoms with Gasteiger partial charge < -0.3 is 20.1 Å². The van der Waals surface area contributed by atoms with Crippen LogP contribution in [-0.4, -0.2) is 47.9 Å². The average Bonchev–Trinajstić information content (AvgIpc) is 2.52. The Kier molecular flexibility index (Phi) is 5.55. The molecule has 1 aromatic rings. The fourth-order valence-electron chi connectivity index (χ4n) is 2.51. The molecule has 1 aromatic heterocycles. The van der Waals surface area contributed by atoms with Gasteiger partial charge in [-0.25, -0.2) is 9.97 Å². The van der Waals surface area contributed by atoms with Gasteiger partial charge in [-0.2, -0.15) is 0 Å². The third-order valence-electron chi connectivity index (χ3n) is 3.58. The topological polar surface area (TPSA) is 70.5 Å². The maximum Gasteiger partial charge on any atom is 0.158 e. The summed E-state index contributed by atoms with van der Waals surface area (Å²) in [5.74, 6) is 2.33. The summed E-state index contributed by atoms with van der Waals surface area (Å²) in [5, 5.41) is 12.6. The number of piperidine rings is 1. The molecule has 0 saturated carbocycles. The fraction of sp³-hybridized carbons (Fsp3) is 0.714. The monoisotopic (exact) mass is 280 g/mol. The summed E-state index contributed by atoms with van der Waals surface area (Å²) in [4.78, 5) is 11.2. The number of hydrogen-bond donors (Lipinski definition) is 2. The Morgan fingerprint density at radius 2 is 2.30 bits per heavy atom. The highest BCUT2D eigenvalue weighted by molar-refractivity contribution is 5.50. The second-order valence-electron chi connectivity index (χ2n) is 4.94. The molecule has 2 heterocycles. The summed E-state index contributed by atoms with van der Waals surface area (Å²) >= 11 is 0. The lowest BCUT2D eigenvalue weighted by atomic mass is 10.0. The number of ether oxygens (including phenoxy) is 1. The molecular weight excluding hydrogens is 256 g/mol. The van der Waals surface area contributed by atoms with Crippen LogP contribution in [0.2, 0.25) is 0 Å². The van der Waals surface area contributed by atoms with Crippen molar-refractivity contribution in [3.63, 3.8) is 0 Å². The number of hydrogen-bond acceptors (Lipinski definition) is 6. The first-order valence-corrected chi connectivity index (χ1v) is 7.29. The Morgan fingerprint density at radius 3 is 3.00 bits per heavy atom. The molecule has 112 valence electrons. The molecule has 1 aliphatic rings. The number of rotatable bonds is 6. The molecule has 20 heavy (non-hydrogen) atoms. The first kappa shape index (κ1) is 15.0. The van der Waals surface area contributed by atoms with E-state index in [2.05, 4.69) is 20.2 Å². The number of nitrogens with zero attached hydrogens (tertiary/aromatic N) is 3. The second-order valence-corrected chi connectivity index (χ2v) is 4.94. The Balaban J connectivity index is 2.24. The summed E-state index contributed by atoms with van der Waals surface area (Å²) < 4.78 is 5.39. The second kappa shape index (κ2) is 7.40. The van der Waals surface area contributed by atoms with Gasteiger partial charge in [0.2, 0.25) is 0 Å². The van der Waals surface area contributed by atoms with Crippen LogP contribution in [0.5, 0.6) is 0 Å². The zero-order valence-corrected chi connectivity index (χ0v) is 12.3. The molecule has 1 unspecified atom stereocenters. The predicted octanol–water partition coefficient (Wildman–Crippen LogP) is 1.41. The Bertz CT molecular complexity index is 428. The van der Waals surface area contributed by atoms with Crippen LogP contribution in [0.25, 0.3) is 0 Å². The highest BCUT2D eigenvalue weighted by atomic mass is 16.5. The number of aromatic nitrogens is 2. The van der Waals surface area contributed by atoms with Crippen LogP contribution in [0.15, 0.2) is 6.07 Å². The average molecular weight is 280 g/mol. The minimum Gasteiger partial charge on any atom is -0.394 e. The highest BCUT2D eigenvalue weighted by Crippen LogP contribution is 2.24. The van der Waals surface area contributed by atoms with E-state index in [-0.39, 0.29) is 12.6 Å². The standard InChI is InChI=1S/C14H24N4O2/c1-3-20-10-13-16-12(15-2)8-14(17-13)18-7-5-4-6-11(18)9-19/h8,11,19H,3-7,9-10H2,1-2H3,(H,15,16,17). The maximum atomic E-state index is 9.53. The minimum absolute atomic E-state index is 0.156. The zero-order chi connectivity index (χ0) is 14.4. The molecule has 2 rings (SSSR count). The van der Waals surface area contributed by atoms with Crippen molar-refractivity contribution in [3.05, 3.63) is 11.9 Å². The molecule has 0 bridgehead atoms. The van der Waals surface area contributed by atoms with E-state index in [0.717, 1.165) is 37.4 Å². The molecule has 6 nitrogen and oxygen atoms in total. The molecule has 1 saturated heterocycles. The number of aliphatic hydroxyl groups excluding tert-OH is 1. The van der Waals surface area contributed by atoms with E-state index in [0.29, 0.717) is 19.0 Å². The van der Waals surface area contributed by atoms with Crippen LogP contribution in [0.3, 0.4) is 0 Å². The van der Waals surface area contributed by atoms with Crippen molar-refractivity contribution in [2.45, 2.75) is 38.8 Å². The van der Waals surface area contributed by atoms with E-state index < -0.39 is 0 Å². The van der Waals surface area contributed by atoms with Crippen LogP contribution in [0.1, 0.15) is 32.0 Å². The van der Waals surface area contributed by atoms with Crippen LogP contribution in [0.4, 0.5) is 11.6 Å². The SMILES string of the molecule is CCOCc1nc(NC)cc(N2CCCCC2CO)n1. The molecule has 2 N–H and O–H groups in total. The Morgan fingerprint density at radius 1 is 1.45 bits per heavy atom. The van der Waals surface area contributed by atoms with Gasteiger partial charge in [0.1, 0.15) is 18.2 Å². The molecule has 6 heteroatoms. The minimum atomic E-state index is 0.156. The van der Waals surface area contributed by atoms with Crippen LogP contribution in [-0.2, 0) is 11.3 Å². The molecule has 0 radical (unpaired) electrons. The lowest BCUT2D eigenvalue weighted by molar-refractivity contribution is 0.128. The van der Waals surface area contributed by atoms with Gasteiger partial charge in [0.15, 0.2) is 5.82 Å². The third-order valence-corrected chi connectivity index (χ3v) is 3.58. The first-order chi connectivity index (χ1) is 9.78. The van der Waals surface area contributed by atoms with Crippen LogP contribution >= 0.6 is 0 Å². The van der Waals surface area contributed by atoms with E-state index in [4.69, 9.17) is 4.74 Å². The van der Waals surface area contributed by atoms with Gasteiger partial charge in [0.05, 0.1) is 12.6 Å². The van der Waals surface area contributed by atoms with Gasteiger partial charge in [-0.15, -0.1) is 0 Å². The van der Waals surface area contributed by atoms with Gasteiger partial charge in [-0.05, 0) is 26.2 Å². The van der Waals surface area contributed by atoms with Gasteiger partial charge in [-0.3, -0.25) is 0 Å². The quantitative estimate of drug-likeness (QED) is 0.821. The molecule has 1 atom stereocenters. The molecule has 1 fully saturated rings. The van der Waals surface area contributed by atoms with Crippen molar-refractivity contribution in [1.29, 1.82) is 0 Å². The Labute approximate surface area is 120 Å². The van der Waals surface area contributed by atoms with E-state index in [1.165, 1.54) is 0 Å². The first-order valence-electron chi connectivity index (χ1n) is 7.29. The smallest absolute Gasteiger partial charge is 0.158 e. The summed E-state index contributed by atoms with van der Waals surface area (Å²) in [6.45, 7) is 4.11. The lowest BCUT2D eigenvalue weighted by Crippen LogP contribution is -2.42. The van der Waals surface area contributed by atoms with Crippen molar-refractivity contribution in [1.82, 2.24) is 9.97 Å². The maximum absolute atomic E-state index is 9.53. The van der Waals surface area contributed by atoms with E-state index in [9.17, 15) is 5.11 Å². The fourth-order valence-corrected chi connectivity index (χ4v) is 2.51. The summed E-state index contributed by atoms with van der Waals surface area (Å²) in [6.07, 6.45) is 3.31. The Hall–Kier alpha value is -1.40. The van der Waals surface area contributed by atoms with E-state index >= 15 is 0 Å². The van der Waals surface area contributed by atoms with E-state index in [1.807, 2.05) is 20.0 Å². The van der Waals surface area contributed by atoms with Crippen molar-refractivity contribution in [3.8, 4) is 0 Å². The molecular formula is C14H24N4O2. The number of nitrogens with one attached hydrogen (secondary N) is 1. The highest BCUT2D eigenvalue weighted by Gasteiger charge is 2.23. The largest absolute Gasteiger partial charge is 0.394 e. The summed E-state index contributed by atoms with van der Waals surface area (Å²) in [7, 11) is 1.84. The normalized spacial score (nSPS) is 19.1. The van der Waals surface area contributed by atoms with Crippen molar-refractivity contribution < 1.29 is 9.84 Å². The van der Waals surface area contributed by atoms with Crippen molar-refractivity contribution in [2.75, 3.05) is 37.0 Å². The molecule has 0 amide bonds. The molecule has 1 aliphatic heterocycles. The molecule has 0 aliphatic carbocycles. The van der Waals surface area contributed by atoms with Gasteiger partial charge >= 0.3 is 0 Å². The summed E-state index contributed by atoms with van der Waals surface area (Å²) in [5.41, 5.74) is 0. The molecule has 0 aromatic carbocycles. The van der Waals surface area contributed by atoms with Crippen molar-refractivity contribution in [2.24, 2.45) is 0 Å². The third kappa shape index (κ3) is 3.58. The number of aliphatic hydroxyl groups is 1. The van der Waals surface area contributed by atoms with Crippen LogP contribution in [0, 0.1) is 0 Å². The molecule has 0 spiro atoms. The van der Waals surface area contributed by atoms with Crippen LogP contribution < -0.4 is 10.2 Å². The lowest BCUT2D eigenvalue weighted by Gasteiger charge is -2.35.